The normalized spacial score (nSPS) is 10.7. The number of anilines is 1. The molecule has 0 atom stereocenters. The Bertz CT molecular complexity index is 1060. The average molecular weight is 348 g/mol. The lowest BCUT2D eigenvalue weighted by molar-refractivity contribution is 0.102. The molecule has 7 nitrogen and oxygen atoms in total. The van der Waals surface area contributed by atoms with Crippen LogP contribution in [0.1, 0.15) is 10.5 Å². The van der Waals surface area contributed by atoms with Gasteiger partial charge in [0.05, 0.1) is 0 Å². The summed E-state index contributed by atoms with van der Waals surface area (Å²) < 4.78 is 15.2. The summed E-state index contributed by atoms with van der Waals surface area (Å²) in [5.74, 6) is -0.206. The summed E-state index contributed by atoms with van der Waals surface area (Å²) in [5.41, 5.74) is 1.83. The molecule has 0 radical (unpaired) electrons. The molecule has 4 rings (SSSR count). The molecule has 2 heterocycles. The molecule has 0 bridgehead atoms. The fourth-order valence-electron chi connectivity index (χ4n) is 2.50. The van der Waals surface area contributed by atoms with E-state index in [0.717, 1.165) is 5.56 Å². The minimum absolute atomic E-state index is 0.179. The molecule has 2 aromatic heterocycles. The van der Waals surface area contributed by atoms with E-state index in [9.17, 15) is 9.18 Å². The van der Waals surface area contributed by atoms with Crippen LogP contribution in [-0.4, -0.2) is 30.9 Å². The Hall–Kier alpha value is -3.81. The number of hydrogen-bond acceptors (Lipinski definition) is 4. The van der Waals surface area contributed by atoms with E-state index in [1.54, 1.807) is 36.4 Å². The number of nitrogens with zero attached hydrogens (tertiary/aromatic N) is 4. The summed E-state index contributed by atoms with van der Waals surface area (Å²) in [6, 6.07) is 14.9. The molecule has 0 aliphatic carbocycles. The fourth-order valence-corrected chi connectivity index (χ4v) is 2.50. The maximum Gasteiger partial charge on any atom is 0.276 e. The van der Waals surface area contributed by atoms with Gasteiger partial charge in [0.1, 0.15) is 17.8 Å². The molecule has 0 aliphatic heterocycles. The highest BCUT2D eigenvalue weighted by molar-refractivity contribution is 6.03. The molecule has 1 amide bonds. The molecule has 4 aromatic rings. The highest BCUT2D eigenvalue weighted by Gasteiger charge is 2.13. The predicted molar refractivity (Wildman–Crippen MR) is 93.3 cm³/mol. The van der Waals surface area contributed by atoms with Crippen molar-refractivity contribution in [3.05, 3.63) is 78.6 Å². The molecule has 26 heavy (non-hydrogen) atoms. The van der Waals surface area contributed by atoms with Crippen LogP contribution in [0, 0.1) is 5.82 Å². The molecule has 0 saturated carbocycles. The summed E-state index contributed by atoms with van der Waals surface area (Å²) in [6.07, 6.45) is 2.95. The summed E-state index contributed by atoms with van der Waals surface area (Å²) in [6.45, 7) is 0. The van der Waals surface area contributed by atoms with Crippen LogP contribution in [0.2, 0.25) is 0 Å². The number of benzene rings is 2. The SMILES string of the molecule is O=C(Nc1cccc(-c2ncn[nH]2)c1)c1ccn(-c2ccccc2F)n1. The number of H-pyrrole nitrogens is 1. The minimum atomic E-state index is -0.415. The summed E-state index contributed by atoms with van der Waals surface area (Å²) in [7, 11) is 0. The number of aromatic amines is 1. The molecule has 0 unspecified atom stereocenters. The predicted octanol–water partition coefficient (Wildman–Crippen LogP) is 3.05. The van der Waals surface area contributed by atoms with Crippen molar-refractivity contribution in [3.8, 4) is 17.1 Å². The number of carbonyl (C=O) groups excluding carboxylic acids is 1. The highest BCUT2D eigenvalue weighted by atomic mass is 19.1. The summed E-state index contributed by atoms with van der Waals surface area (Å²) in [4.78, 5) is 16.5. The summed E-state index contributed by atoms with van der Waals surface area (Å²) in [5, 5.41) is 13.5. The topological polar surface area (TPSA) is 88.5 Å². The van der Waals surface area contributed by atoms with Gasteiger partial charge in [0, 0.05) is 17.4 Å². The molecule has 0 fully saturated rings. The third-order valence-corrected chi connectivity index (χ3v) is 3.73. The van der Waals surface area contributed by atoms with E-state index in [1.165, 1.54) is 29.3 Å². The van der Waals surface area contributed by atoms with E-state index in [0.29, 0.717) is 11.5 Å². The molecule has 0 saturated heterocycles. The Morgan fingerprint density at radius 1 is 1.12 bits per heavy atom. The Kier molecular flexibility index (Phi) is 3.98. The van der Waals surface area contributed by atoms with E-state index in [1.807, 2.05) is 6.07 Å². The first-order valence-corrected chi connectivity index (χ1v) is 7.78. The zero-order valence-corrected chi connectivity index (χ0v) is 13.4. The van der Waals surface area contributed by atoms with Gasteiger partial charge in [0.15, 0.2) is 11.5 Å². The van der Waals surface area contributed by atoms with Crippen molar-refractivity contribution in [3.63, 3.8) is 0 Å². The number of carbonyl (C=O) groups is 1. The monoisotopic (exact) mass is 348 g/mol. The third kappa shape index (κ3) is 3.07. The van der Waals surface area contributed by atoms with Crippen molar-refractivity contribution in [1.29, 1.82) is 0 Å². The molecular weight excluding hydrogens is 335 g/mol. The van der Waals surface area contributed by atoms with Gasteiger partial charge in [-0.15, -0.1) is 0 Å². The standard InChI is InChI=1S/C18H13FN6O/c19-14-6-1-2-7-16(14)25-9-8-15(24-25)18(26)22-13-5-3-4-12(10-13)17-20-11-21-23-17/h1-11H,(H,22,26)(H,20,21,23). The lowest BCUT2D eigenvalue weighted by atomic mass is 10.2. The highest BCUT2D eigenvalue weighted by Crippen LogP contribution is 2.19. The van der Waals surface area contributed by atoms with E-state index < -0.39 is 11.7 Å². The van der Waals surface area contributed by atoms with Gasteiger partial charge in [-0.05, 0) is 30.3 Å². The van der Waals surface area contributed by atoms with E-state index in [4.69, 9.17) is 0 Å². The largest absolute Gasteiger partial charge is 0.321 e. The number of nitrogens with one attached hydrogen (secondary N) is 2. The molecule has 0 spiro atoms. The minimum Gasteiger partial charge on any atom is -0.321 e. The molecular formula is C18H13FN6O. The maximum absolute atomic E-state index is 13.8. The van der Waals surface area contributed by atoms with E-state index in [2.05, 4.69) is 25.6 Å². The second-order valence-corrected chi connectivity index (χ2v) is 5.47. The van der Waals surface area contributed by atoms with Crippen molar-refractivity contribution in [2.75, 3.05) is 5.32 Å². The third-order valence-electron chi connectivity index (χ3n) is 3.73. The van der Waals surface area contributed by atoms with Crippen LogP contribution in [0.15, 0.2) is 67.1 Å². The number of rotatable bonds is 4. The molecule has 2 N–H and O–H groups in total. The molecule has 2 aromatic carbocycles. The Balaban J connectivity index is 1.54. The van der Waals surface area contributed by atoms with Crippen molar-refractivity contribution < 1.29 is 9.18 Å². The number of halogens is 1. The molecule has 128 valence electrons. The number of para-hydroxylation sites is 1. The van der Waals surface area contributed by atoms with Gasteiger partial charge in [0.2, 0.25) is 0 Å². The molecule has 8 heteroatoms. The van der Waals surface area contributed by atoms with Gasteiger partial charge in [-0.3, -0.25) is 9.89 Å². The van der Waals surface area contributed by atoms with Crippen LogP contribution in [0.5, 0.6) is 0 Å². The Labute approximate surface area is 147 Å². The van der Waals surface area contributed by atoms with Crippen molar-refractivity contribution >= 4 is 11.6 Å². The van der Waals surface area contributed by atoms with Gasteiger partial charge in [-0.2, -0.15) is 10.2 Å². The number of hydrogen-bond donors (Lipinski definition) is 2. The average Bonchev–Trinajstić information content (AvgIpc) is 3.35. The second kappa shape index (κ2) is 6.60. The number of amides is 1. The Morgan fingerprint density at radius 3 is 2.81 bits per heavy atom. The fraction of sp³-hybridized carbons (Fsp3) is 0. The van der Waals surface area contributed by atoms with Crippen LogP contribution in [-0.2, 0) is 0 Å². The van der Waals surface area contributed by atoms with Crippen LogP contribution < -0.4 is 5.32 Å². The first kappa shape index (κ1) is 15.7. The quantitative estimate of drug-likeness (QED) is 0.593. The first-order chi connectivity index (χ1) is 12.7. The first-order valence-electron chi connectivity index (χ1n) is 7.78. The van der Waals surface area contributed by atoms with E-state index >= 15 is 0 Å². The maximum atomic E-state index is 13.8. The van der Waals surface area contributed by atoms with Crippen LogP contribution in [0.25, 0.3) is 17.1 Å². The van der Waals surface area contributed by atoms with Gasteiger partial charge in [-0.1, -0.05) is 24.3 Å². The lowest BCUT2D eigenvalue weighted by Gasteiger charge is -2.05. The second-order valence-electron chi connectivity index (χ2n) is 5.47. The van der Waals surface area contributed by atoms with E-state index in [-0.39, 0.29) is 11.4 Å². The Morgan fingerprint density at radius 2 is 2.00 bits per heavy atom. The van der Waals surface area contributed by atoms with Crippen molar-refractivity contribution in [2.45, 2.75) is 0 Å². The van der Waals surface area contributed by atoms with Crippen molar-refractivity contribution in [2.24, 2.45) is 0 Å². The van der Waals surface area contributed by atoms with Gasteiger partial charge in [0.25, 0.3) is 5.91 Å². The zero-order chi connectivity index (χ0) is 17.9. The van der Waals surface area contributed by atoms with Crippen molar-refractivity contribution in [1.82, 2.24) is 25.0 Å². The lowest BCUT2D eigenvalue weighted by Crippen LogP contribution is -2.13. The van der Waals surface area contributed by atoms with Gasteiger partial charge < -0.3 is 5.32 Å². The van der Waals surface area contributed by atoms with Gasteiger partial charge in [-0.25, -0.2) is 14.1 Å². The molecule has 0 aliphatic rings. The number of aromatic nitrogens is 5. The zero-order valence-electron chi connectivity index (χ0n) is 13.4. The van der Waals surface area contributed by atoms with Gasteiger partial charge >= 0.3 is 0 Å². The smallest absolute Gasteiger partial charge is 0.276 e. The van der Waals surface area contributed by atoms with Crippen LogP contribution in [0.4, 0.5) is 10.1 Å². The summed E-state index contributed by atoms with van der Waals surface area (Å²) >= 11 is 0. The van der Waals surface area contributed by atoms with Crippen LogP contribution in [0.3, 0.4) is 0 Å². The van der Waals surface area contributed by atoms with Crippen LogP contribution >= 0.6 is 0 Å².